The molecule has 0 bridgehead atoms. The zero-order valence-corrected chi connectivity index (χ0v) is 10.9. The van der Waals surface area contributed by atoms with Crippen LogP contribution in [0.25, 0.3) is 0 Å². The lowest BCUT2D eigenvalue weighted by molar-refractivity contribution is -0.137. The smallest absolute Gasteiger partial charge is 0.304 e. The van der Waals surface area contributed by atoms with Crippen LogP contribution in [0.4, 0.5) is 0 Å². The number of ether oxygens (including phenoxy) is 1. The summed E-state index contributed by atoms with van der Waals surface area (Å²) in [4.78, 5) is 10.6. The van der Waals surface area contributed by atoms with E-state index in [4.69, 9.17) is 15.6 Å². The molecule has 0 aliphatic carbocycles. The van der Waals surface area contributed by atoms with Gasteiger partial charge in [-0.25, -0.2) is 0 Å². The van der Waals surface area contributed by atoms with E-state index in [-0.39, 0.29) is 12.5 Å². The van der Waals surface area contributed by atoms with Crippen LogP contribution in [0, 0.1) is 5.92 Å². The van der Waals surface area contributed by atoms with Crippen LogP contribution in [0.3, 0.4) is 0 Å². The lowest BCUT2D eigenvalue weighted by Crippen LogP contribution is -2.26. The minimum atomic E-state index is -0.872. The molecule has 100 valence electrons. The van der Waals surface area contributed by atoms with E-state index in [2.05, 4.69) is 13.8 Å². The van der Waals surface area contributed by atoms with E-state index in [1.807, 2.05) is 24.3 Å². The van der Waals surface area contributed by atoms with E-state index in [9.17, 15) is 4.79 Å². The summed E-state index contributed by atoms with van der Waals surface area (Å²) in [5, 5.41) is 8.70. The number of hydrogen-bond acceptors (Lipinski definition) is 3. The van der Waals surface area contributed by atoms with Crippen molar-refractivity contribution < 1.29 is 14.6 Å². The van der Waals surface area contributed by atoms with E-state index in [1.54, 1.807) is 0 Å². The molecular formula is C14H21NO3. The maximum Gasteiger partial charge on any atom is 0.304 e. The van der Waals surface area contributed by atoms with E-state index in [1.165, 1.54) is 0 Å². The number of carboxylic acid groups (broad SMARTS) is 1. The number of para-hydroxylation sites is 1. The molecule has 3 N–H and O–H groups in total. The van der Waals surface area contributed by atoms with Gasteiger partial charge in [0, 0.05) is 6.04 Å². The van der Waals surface area contributed by atoms with Gasteiger partial charge in [0.2, 0.25) is 0 Å². The Morgan fingerprint density at radius 1 is 1.39 bits per heavy atom. The minimum Gasteiger partial charge on any atom is -0.493 e. The lowest BCUT2D eigenvalue weighted by Gasteiger charge is -2.15. The monoisotopic (exact) mass is 251 g/mol. The van der Waals surface area contributed by atoms with Crippen molar-refractivity contribution in [3.63, 3.8) is 0 Å². The van der Waals surface area contributed by atoms with Gasteiger partial charge in [-0.2, -0.15) is 0 Å². The first kappa shape index (κ1) is 14.5. The predicted molar refractivity (Wildman–Crippen MR) is 70.7 cm³/mol. The second-order valence-electron chi connectivity index (χ2n) is 4.87. The summed E-state index contributed by atoms with van der Waals surface area (Å²) in [6.07, 6.45) is 0.485. The van der Waals surface area contributed by atoms with Gasteiger partial charge in [-0.15, -0.1) is 0 Å². The molecule has 0 saturated carbocycles. The molecule has 1 unspecified atom stereocenters. The average Bonchev–Trinajstić information content (AvgIpc) is 2.26. The Kier molecular flexibility index (Phi) is 5.65. The molecule has 0 radical (unpaired) electrons. The van der Waals surface area contributed by atoms with Gasteiger partial charge < -0.3 is 15.6 Å². The first-order valence-corrected chi connectivity index (χ1v) is 6.17. The van der Waals surface area contributed by atoms with Crippen molar-refractivity contribution in [2.24, 2.45) is 11.7 Å². The largest absolute Gasteiger partial charge is 0.493 e. The van der Waals surface area contributed by atoms with Gasteiger partial charge in [0.1, 0.15) is 5.75 Å². The Balaban J connectivity index is 2.66. The van der Waals surface area contributed by atoms with Gasteiger partial charge in [0.25, 0.3) is 0 Å². The quantitative estimate of drug-likeness (QED) is 0.778. The molecule has 18 heavy (non-hydrogen) atoms. The van der Waals surface area contributed by atoms with Gasteiger partial charge in [-0.1, -0.05) is 32.0 Å². The zero-order chi connectivity index (χ0) is 13.5. The molecule has 0 aliphatic rings. The predicted octanol–water partition coefficient (Wildman–Crippen LogP) is 2.07. The molecular weight excluding hydrogens is 230 g/mol. The van der Waals surface area contributed by atoms with Crippen molar-refractivity contribution in [1.29, 1.82) is 0 Å². The average molecular weight is 251 g/mol. The van der Waals surface area contributed by atoms with Gasteiger partial charge in [0.15, 0.2) is 0 Å². The van der Waals surface area contributed by atoms with Crippen molar-refractivity contribution in [1.82, 2.24) is 0 Å². The molecule has 1 aromatic rings. The molecule has 0 saturated heterocycles. The van der Waals surface area contributed by atoms with E-state index < -0.39 is 5.97 Å². The van der Waals surface area contributed by atoms with Crippen molar-refractivity contribution in [2.75, 3.05) is 6.61 Å². The van der Waals surface area contributed by atoms with Gasteiger partial charge in [-0.05, 0) is 24.0 Å². The molecule has 0 amide bonds. The van der Waals surface area contributed by atoms with Crippen LogP contribution in [-0.2, 0) is 11.2 Å². The van der Waals surface area contributed by atoms with Crippen LogP contribution < -0.4 is 10.5 Å². The Bertz CT molecular complexity index is 390. The van der Waals surface area contributed by atoms with Crippen LogP contribution in [-0.4, -0.2) is 23.7 Å². The number of rotatable bonds is 7. The normalized spacial score (nSPS) is 12.4. The summed E-state index contributed by atoms with van der Waals surface area (Å²) in [5.41, 5.74) is 6.76. The van der Waals surface area contributed by atoms with Gasteiger partial charge >= 0.3 is 5.97 Å². The van der Waals surface area contributed by atoms with Crippen molar-refractivity contribution in [2.45, 2.75) is 32.7 Å². The molecule has 0 aliphatic heterocycles. The summed E-state index contributed by atoms with van der Waals surface area (Å²) < 4.78 is 5.70. The third-order valence-electron chi connectivity index (χ3n) is 2.46. The SMILES string of the molecule is CC(C)COc1ccccc1CC(N)CC(=O)O. The third kappa shape index (κ3) is 5.19. The molecule has 1 aromatic carbocycles. The number of carbonyl (C=O) groups is 1. The Morgan fingerprint density at radius 2 is 2.06 bits per heavy atom. The maximum absolute atomic E-state index is 10.6. The number of hydrogen-bond donors (Lipinski definition) is 2. The van der Waals surface area contributed by atoms with Gasteiger partial charge in [0.05, 0.1) is 13.0 Å². The summed E-state index contributed by atoms with van der Waals surface area (Å²) in [6, 6.07) is 7.25. The van der Waals surface area contributed by atoms with Crippen LogP contribution in [0.1, 0.15) is 25.8 Å². The molecule has 0 aromatic heterocycles. The van der Waals surface area contributed by atoms with Crippen molar-refractivity contribution in [3.05, 3.63) is 29.8 Å². The van der Waals surface area contributed by atoms with Crippen molar-refractivity contribution >= 4 is 5.97 Å². The topological polar surface area (TPSA) is 72.5 Å². The summed E-state index contributed by atoms with van der Waals surface area (Å²) in [6.45, 7) is 4.81. The van der Waals surface area contributed by atoms with Crippen LogP contribution >= 0.6 is 0 Å². The van der Waals surface area contributed by atoms with Gasteiger partial charge in [-0.3, -0.25) is 4.79 Å². The highest BCUT2D eigenvalue weighted by Gasteiger charge is 2.12. The number of nitrogens with two attached hydrogens (primary N) is 1. The number of benzene rings is 1. The summed E-state index contributed by atoms with van der Waals surface area (Å²) in [5.74, 6) is 0.376. The first-order chi connectivity index (χ1) is 8.49. The molecule has 4 nitrogen and oxygen atoms in total. The van der Waals surface area contributed by atoms with E-state index >= 15 is 0 Å². The third-order valence-corrected chi connectivity index (χ3v) is 2.46. The highest BCUT2D eigenvalue weighted by Crippen LogP contribution is 2.20. The molecule has 0 heterocycles. The van der Waals surface area contributed by atoms with Crippen LogP contribution in [0.15, 0.2) is 24.3 Å². The molecule has 1 rings (SSSR count). The Labute approximate surface area is 108 Å². The number of aliphatic carboxylic acids is 1. The standard InChI is InChI=1S/C14H21NO3/c1-10(2)9-18-13-6-4-3-5-11(13)7-12(15)8-14(16)17/h3-6,10,12H,7-9,15H2,1-2H3,(H,16,17). The second kappa shape index (κ2) is 7.01. The number of carboxylic acids is 1. The Hall–Kier alpha value is -1.55. The fraction of sp³-hybridized carbons (Fsp3) is 0.500. The van der Waals surface area contributed by atoms with E-state index in [0.29, 0.717) is 18.9 Å². The molecule has 0 fully saturated rings. The summed E-state index contributed by atoms with van der Waals surface area (Å²) >= 11 is 0. The first-order valence-electron chi connectivity index (χ1n) is 6.17. The maximum atomic E-state index is 10.6. The zero-order valence-electron chi connectivity index (χ0n) is 10.9. The fourth-order valence-electron chi connectivity index (χ4n) is 1.65. The van der Waals surface area contributed by atoms with E-state index in [0.717, 1.165) is 11.3 Å². The van der Waals surface area contributed by atoms with Crippen LogP contribution in [0.2, 0.25) is 0 Å². The molecule has 0 spiro atoms. The highest BCUT2D eigenvalue weighted by atomic mass is 16.5. The fourth-order valence-corrected chi connectivity index (χ4v) is 1.65. The van der Waals surface area contributed by atoms with Crippen LogP contribution in [0.5, 0.6) is 5.75 Å². The minimum absolute atomic E-state index is 0.0293. The highest BCUT2D eigenvalue weighted by molar-refractivity contribution is 5.67. The summed E-state index contributed by atoms with van der Waals surface area (Å²) in [7, 11) is 0. The molecule has 4 heteroatoms. The lowest BCUT2D eigenvalue weighted by atomic mass is 10.0. The Morgan fingerprint density at radius 3 is 2.67 bits per heavy atom. The molecule has 1 atom stereocenters. The van der Waals surface area contributed by atoms with Crippen molar-refractivity contribution in [3.8, 4) is 5.75 Å². The second-order valence-corrected chi connectivity index (χ2v) is 4.87.